The van der Waals surface area contributed by atoms with E-state index in [4.69, 9.17) is 16.3 Å². The standard InChI is InChI=1S/C16H12ClFN2O2/c1-22-15-5-2-11(17)6-10(15)8-20-9-19-14-7-12(18)3-4-13(14)16(20)21/h2-7,9H,8H2,1H3. The van der Waals surface area contributed by atoms with Crippen LogP contribution in [-0.2, 0) is 6.54 Å². The van der Waals surface area contributed by atoms with Crippen LogP contribution in [0, 0.1) is 5.82 Å². The van der Waals surface area contributed by atoms with Crippen molar-refractivity contribution in [2.24, 2.45) is 0 Å². The Morgan fingerprint density at radius 1 is 1.27 bits per heavy atom. The van der Waals surface area contributed by atoms with Gasteiger partial charge in [-0.15, -0.1) is 0 Å². The average Bonchev–Trinajstić information content (AvgIpc) is 2.50. The highest BCUT2D eigenvalue weighted by Gasteiger charge is 2.09. The van der Waals surface area contributed by atoms with Gasteiger partial charge in [-0.1, -0.05) is 11.6 Å². The minimum Gasteiger partial charge on any atom is -0.496 e. The van der Waals surface area contributed by atoms with E-state index in [0.717, 1.165) is 5.56 Å². The zero-order chi connectivity index (χ0) is 15.7. The van der Waals surface area contributed by atoms with E-state index in [0.29, 0.717) is 21.7 Å². The van der Waals surface area contributed by atoms with Crippen molar-refractivity contribution in [2.45, 2.75) is 6.54 Å². The van der Waals surface area contributed by atoms with Crippen molar-refractivity contribution in [1.29, 1.82) is 0 Å². The van der Waals surface area contributed by atoms with Gasteiger partial charge in [0, 0.05) is 16.7 Å². The fourth-order valence-corrected chi connectivity index (χ4v) is 2.49. The van der Waals surface area contributed by atoms with Crippen molar-refractivity contribution in [1.82, 2.24) is 9.55 Å². The molecule has 2 aromatic carbocycles. The molecule has 0 amide bonds. The largest absolute Gasteiger partial charge is 0.496 e. The van der Waals surface area contributed by atoms with Crippen molar-refractivity contribution in [3.05, 3.63) is 69.5 Å². The van der Waals surface area contributed by atoms with E-state index in [-0.39, 0.29) is 12.1 Å². The van der Waals surface area contributed by atoms with Crippen molar-refractivity contribution in [3.8, 4) is 5.75 Å². The zero-order valence-corrected chi connectivity index (χ0v) is 12.5. The van der Waals surface area contributed by atoms with Gasteiger partial charge in [0.25, 0.3) is 5.56 Å². The minimum atomic E-state index is -0.423. The van der Waals surface area contributed by atoms with Crippen molar-refractivity contribution >= 4 is 22.5 Å². The Hall–Kier alpha value is -2.40. The van der Waals surface area contributed by atoms with Gasteiger partial charge < -0.3 is 4.74 Å². The molecule has 0 spiro atoms. The van der Waals surface area contributed by atoms with Gasteiger partial charge in [-0.25, -0.2) is 9.37 Å². The van der Waals surface area contributed by atoms with E-state index in [1.165, 1.54) is 29.1 Å². The Bertz CT molecular complexity index is 908. The van der Waals surface area contributed by atoms with Gasteiger partial charge in [-0.2, -0.15) is 0 Å². The quantitative estimate of drug-likeness (QED) is 0.744. The average molecular weight is 319 g/mol. The molecule has 3 rings (SSSR count). The second-order valence-electron chi connectivity index (χ2n) is 4.80. The highest BCUT2D eigenvalue weighted by Crippen LogP contribution is 2.23. The molecule has 0 bridgehead atoms. The molecule has 0 aliphatic carbocycles. The van der Waals surface area contributed by atoms with E-state index in [2.05, 4.69) is 4.98 Å². The maximum atomic E-state index is 13.2. The van der Waals surface area contributed by atoms with Crippen LogP contribution < -0.4 is 10.3 Å². The molecule has 3 aromatic rings. The summed E-state index contributed by atoms with van der Waals surface area (Å²) in [7, 11) is 1.55. The molecule has 0 saturated carbocycles. The number of benzene rings is 2. The lowest BCUT2D eigenvalue weighted by atomic mass is 10.2. The number of halogens is 2. The third-order valence-electron chi connectivity index (χ3n) is 3.37. The van der Waals surface area contributed by atoms with Gasteiger partial charge in [0.05, 0.1) is 30.9 Å². The smallest absolute Gasteiger partial charge is 0.261 e. The van der Waals surface area contributed by atoms with Gasteiger partial charge in [-0.3, -0.25) is 9.36 Å². The molecular formula is C16H12ClFN2O2. The van der Waals surface area contributed by atoms with E-state index in [1.54, 1.807) is 25.3 Å². The number of aromatic nitrogens is 2. The number of nitrogens with zero attached hydrogens (tertiary/aromatic N) is 2. The number of rotatable bonds is 3. The summed E-state index contributed by atoms with van der Waals surface area (Å²) in [5, 5.41) is 0.921. The van der Waals surface area contributed by atoms with Crippen molar-refractivity contribution in [3.63, 3.8) is 0 Å². The summed E-state index contributed by atoms with van der Waals surface area (Å²) in [4.78, 5) is 16.6. The first-order chi connectivity index (χ1) is 10.6. The number of hydrogen-bond donors (Lipinski definition) is 0. The summed E-state index contributed by atoms with van der Waals surface area (Å²) < 4.78 is 19.9. The molecular weight excluding hydrogens is 307 g/mol. The monoisotopic (exact) mass is 318 g/mol. The van der Waals surface area contributed by atoms with Gasteiger partial charge in [0.2, 0.25) is 0 Å². The number of methoxy groups -OCH3 is 1. The fraction of sp³-hybridized carbons (Fsp3) is 0.125. The van der Waals surface area contributed by atoms with Crippen LogP contribution in [0.3, 0.4) is 0 Å². The Balaban J connectivity index is 2.08. The van der Waals surface area contributed by atoms with Crippen LogP contribution >= 0.6 is 11.6 Å². The molecule has 6 heteroatoms. The van der Waals surface area contributed by atoms with Gasteiger partial charge in [0.1, 0.15) is 11.6 Å². The number of ether oxygens (including phenoxy) is 1. The van der Waals surface area contributed by atoms with E-state index in [9.17, 15) is 9.18 Å². The van der Waals surface area contributed by atoms with Crippen molar-refractivity contribution < 1.29 is 9.13 Å². The molecule has 0 aliphatic rings. The lowest BCUT2D eigenvalue weighted by Gasteiger charge is -2.11. The van der Waals surface area contributed by atoms with E-state index in [1.807, 2.05) is 0 Å². The molecule has 0 N–H and O–H groups in total. The first kappa shape index (κ1) is 14.5. The molecule has 0 unspecified atom stereocenters. The predicted octanol–water partition coefficient (Wildman–Crippen LogP) is 3.25. The number of fused-ring (bicyclic) bond motifs is 1. The van der Waals surface area contributed by atoms with Crippen LogP contribution in [0.1, 0.15) is 5.56 Å². The van der Waals surface area contributed by atoms with Crippen LogP contribution in [0.15, 0.2) is 47.5 Å². The molecule has 1 heterocycles. The molecule has 112 valence electrons. The third-order valence-corrected chi connectivity index (χ3v) is 3.61. The first-order valence-electron chi connectivity index (χ1n) is 6.55. The molecule has 0 aliphatic heterocycles. The Morgan fingerprint density at radius 2 is 2.09 bits per heavy atom. The van der Waals surface area contributed by atoms with Crippen molar-refractivity contribution in [2.75, 3.05) is 7.11 Å². The Labute approximate surface area is 130 Å². The summed E-state index contributed by atoms with van der Waals surface area (Å²) in [6.45, 7) is 0.267. The maximum absolute atomic E-state index is 13.2. The SMILES string of the molecule is COc1ccc(Cl)cc1Cn1cnc2cc(F)ccc2c1=O. The first-order valence-corrected chi connectivity index (χ1v) is 6.93. The highest BCUT2D eigenvalue weighted by molar-refractivity contribution is 6.30. The fourth-order valence-electron chi connectivity index (χ4n) is 2.30. The normalized spacial score (nSPS) is 10.9. The lowest BCUT2D eigenvalue weighted by Crippen LogP contribution is -2.21. The summed E-state index contributed by atoms with van der Waals surface area (Å²) in [6.07, 6.45) is 1.39. The summed E-state index contributed by atoms with van der Waals surface area (Å²) in [5.74, 6) is 0.212. The van der Waals surface area contributed by atoms with Crippen LogP contribution in [0.5, 0.6) is 5.75 Å². The van der Waals surface area contributed by atoms with Crippen LogP contribution in [0.2, 0.25) is 5.02 Å². The van der Waals surface area contributed by atoms with Gasteiger partial charge in [0.15, 0.2) is 0 Å². The van der Waals surface area contributed by atoms with Crippen LogP contribution in [0.4, 0.5) is 4.39 Å². The third kappa shape index (κ3) is 2.67. The Kier molecular flexibility index (Phi) is 3.81. The molecule has 4 nitrogen and oxygen atoms in total. The zero-order valence-electron chi connectivity index (χ0n) is 11.7. The molecule has 0 atom stereocenters. The summed E-state index contributed by atoms with van der Waals surface area (Å²) >= 11 is 5.99. The summed E-state index contributed by atoms with van der Waals surface area (Å²) in [5.41, 5.74) is 0.853. The lowest BCUT2D eigenvalue weighted by molar-refractivity contribution is 0.408. The van der Waals surface area contributed by atoms with E-state index < -0.39 is 5.82 Å². The molecule has 22 heavy (non-hydrogen) atoms. The van der Waals surface area contributed by atoms with Gasteiger partial charge >= 0.3 is 0 Å². The van der Waals surface area contributed by atoms with Crippen LogP contribution in [-0.4, -0.2) is 16.7 Å². The second-order valence-corrected chi connectivity index (χ2v) is 5.23. The number of hydrogen-bond acceptors (Lipinski definition) is 3. The Morgan fingerprint density at radius 3 is 2.86 bits per heavy atom. The highest BCUT2D eigenvalue weighted by atomic mass is 35.5. The topological polar surface area (TPSA) is 44.1 Å². The molecule has 0 fully saturated rings. The second kappa shape index (κ2) is 5.77. The minimum absolute atomic E-state index is 0.243. The molecule has 0 radical (unpaired) electrons. The maximum Gasteiger partial charge on any atom is 0.261 e. The van der Waals surface area contributed by atoms with Crippen LogP contribution in [0.25, 0.3) is 10.9 Å². The predicted molar refractivity (Wildman–Crippen MR) is 83.1 cm³/mol. The molecule has 1 aromatic heterocycles. The van der Waals surface area contributed by atoms with E-state index >= 15 is 0 Å². The molecule has 0 saturated heterocycles. The summed E-state index contributed by atoms with van der Waals surface area (Å²) in [6, 6.07) is 9.12. The van der Waals surface area contributed by atoms with Gasteiger partial charge in [-0.05, 0) is 30.3 Å².